The molecule has 2 aromatic carbocycles. The zero-order chi connectivity index (χ0) is 16.6. The molecular formula is C17H16O6. The second kappa shape index (κ2) is 5.81. The minimum atomic E-state index is -0.826. The number of aliphatic hydroxyl groups excluding tert-OH is 1. The van der Waals surface area contributed by atoms with Crippen LogP contribution in [-0.2, 0) is 17.6 Å². The number of carbonyl (C=O) groups is 1. The van der Waals surface area contributed by atoms with E-state index in [1.54, 1.807) is 0 Å². The average molecular weight is 316 g/mol. The van der Waals surface area contributed by atoms with E-state index in [0.29, 0.717) is 12.8 Å². The molecular weight excluding hydrogens is 300 g/mol. The molecule has 120 valence electrons. The molecule has 0 heterocycles. The van der Waals surface area contributed by atoms with Crippen LogP contribution < -0.4 is 0 Å². The number of ether oxygens (including phenoxy) is 1. The standard InChI is InChI=1S/C17H16O6/c18-12-5-9-3-1-2-4-10(9)8-15(12)23-17(22)11-6-13(19)16(21)14(20)7-11/h1-4,6-7,12,15,18-21H,5,8H2/t12-,15+/m1/s1. The maximum Gasteiger partial charge on any atom is 0.338 e. The number of aliphatic hydroxyl groups is 1. The van der Waals surface area contributed by atoms with Crippen LogP contribution in [0, 0.1) is 0 Å². The van der Waals surface area contributed by atoms with Crippen molar-refractivity contribution >= 4 is 5.97 Å². The first-order valence-electron chi connectivity index (χ1n) is 7.16. The summed E-state index contributed by atoms with van der Waals surface area (Å²) in [4.78, 5) is 12.1. The van der Waals surface area contributed by atoms with Crippen LogP contribution in [-0.4, -0.2) is 38.6 Å². The SMILES string of the molecule is O=C(O[C@H]1Cc2ccccc2C[C@H]1O)c1cc(O)c(O)c(O)c1. The molecule has 3 rings (SSSR count). The molecule has 0 amide bonds. The van der Waals surface area contributed by atoms with E-state index in [1.165, 1.54) is 0 Å². The second-order valence-electron chi connectivity index (χ2n) is 5.55. The van der Waals surface area contributed by atoms with Gasteiger partial charge < -0.3 is 25.2 Å². The molecule has 4 N–H and O–H groups in total. The molecule has 1 aliphatic carbocycles. The minimum absolute atomic E-state index is 0.108. The van der Waals surface area contributed by atoms with Gasteiger partial charge in [0.1, 0.15) is 6.10 Å². The molecule has 0 aliphatic heterocycles. The van der Waals surface area contributed by atoms with Crippen LogP contribution in [0.3, 0.4) is 0 Å². The van der Waals surface area contributed by atoms with Crippen LogP contribution in [0.25, 0.3) is 0 Å². The maximum absolute atomic E-state index is 12.1. The summed E-state index contributed by atoms with van der Waals surface area (Å²) in [6.45, 7) is 0. The highest BCUT2D eigenvalue weighted by Gasteiger charge is 2.30. The van der Waals surface area contributed by atoms with Crippen LogP contribution in [0.4, 0.5) is 0 Å². The monoisotopic (exact) mass is 316 g/mol. The van der Waals surface area contributed by atoms with Crippen molar-refractivity contribution in [2.75, 3.05) is 0 Å². The summed E-state index contributed by atoms with van der Waals surface area (Å²) < 4.78 is 5.30. The number of benzene rings is 2. The summed E-state index contributed by atoms with van der Waals surface area (Å²) in [5.74, 6) is -2.73. The summed E-state index contributed by atoms with van der Waals surface area (Å²) in [5.41, 5.74) is 1.92. The molecule has 0 fully saturated rings. The molecule has 0 radical (unpaired) electrons. The van der Waals surface area contributed by atoms with Crippen LogP contribution in [0.15, 0.2) is 36.4 Å². The Morgan fingerprint density at radius 3 is 2.17 bits per heavy atom. The molecule has 2 aromatic rings. The van der Waals surface area contributed by atoms with Crippen molar-refractivity contribution in [1.29, 1.82) is 0 Å². The van der Waals surface area contributed by atoms with Gasteiger partial charge in [-0.2, -0.15) is 0 Å². The average Bonchev–Trinajstić information content (AvgIpc) is 2.52. The van der Waals surface area contributed by atoms with Crippen molar-refractivity contribution in [3.8, 4) is 17.2 Å². The second-order valence-corrected chi connectivity index (χ2v) is 5.55. The van der Waals surface area contributed by atoms with E-state index in [-0.39, 0.29) is 5.56 Å². The Morgan fingerprint density at radius 1 is 1.00 bits per heavy atom. The normalized spacial score (nSPS) is 19.9. The molecule has 0 unspecified atom stereocenters. The fourth-order valence-electron chi connectivity index (χ4n) is 2.71. The number of esters is 1. The molecule has 1 aliphatic rings. The van der Waals surface area contributed by atoms with Gasteiger partial charge in [-0.15, -0.1) is 0 Å². The molecule has 0 saturated heterocycles. The predicted octanol–water partition coefficient (Wildman–Crippen LogP) is 1.49. The van der Waals surface area contributed by atoms with Gasteiger partial charge in [-0.05, 0) is 23.3 Å². The van der Waals surface area contributed by atoms with Crippen molar-refractivity contribution in [1.82, 2.24) is 0 Å². The summed E-state index contributed by atoms with van der Waals surface area (Å²) in [7, 11) is 0. The number of fused-ring (bicyclic) bond motifs is 1. The van der Waals surface area contributed by atoms with Crippen molar-refractivity contribution in [2.24, 2.45) is 0 Å². The first-order valence-corrected chi connectivity index (χ1v) is 7.16. The summed E-state index contributed by atoms with van der Waals surface area (Å²) in [6.07, 6.45) is -0.761. The number of phenolic OH excluding ortho intramolecular Hbond substituents is 3. The first kappa shape index (κ1) is 15.2. The minimum Gasteiger partial charge on any atom is -0.504 e. The molecule has 6 nitrogen and oxygen atoms in total. The van der Waals surface area contributed by atoms with Crippen LogP contribution >= 0.6 is 0 Å². The number of hydrogen-bond donors (Lipinski definition) is 4. The maximum atomic E-state index is 12.1. The topological polar surface area (TPSA) is 107 Å². The van der Waals surface area contributed by atoms with Gasteiger partial charge in [0, 0.05) is 12.8 Å². The van der Waals surface area contributed by atoms with Gasteiger partial charge >= 0.3 is 5.97 Å². The molecule has 6 heteroatoms. The van der Waals surface area contributed by atoms with Crippen molar-refractivity contribution in [2.45, 2.75) is 25.0 Å². The van der Waals surface area contributed by atoms with E-state index in [4.69, 9.17) is 4.74 Å². The zero-order valence-electron chi connectivity index (χ0n) is 12.1. The fourth-order valence-corrected chi connectivity index (χ4v) is 2.71. The lowest BCUT2D eigenvalue weighted by molar-refractivity contribution is -0.0216. The van der Waals surface area contributed by atoms with E-state index in [9.17, 15) is 25.2 Å². The Labute approximate surface area is 132 Å². The first-order chi connectivity index (χ1) is 11.0. The third-order valence-corrected chi connectivity index (χ3v) is 3.96. The number of carbonyl (C=O) groups excluding carboxylic acids is 1. The summed E-state index contributed by atoms with van der Waals surface area (Å²) >= 11 is 0. The van der Waals surface area contributed by atoms with Crippen molar-refractivity contribution < 1.29 is 30.0 Å². The number of rotatable bonds is 2. The van der Waals surface area contributed by atoms with E-state index in [1.807, 2.05) is 24.3 Å². The lowest BCUT2D eigenvalue weighted by Gasteiger charge is -2.29. The highest BCUT2D eigenvalue weighted by atomic mass is 16.6. The largest absolute Gasteiger partial charge is 0.504 e. The van der Waals surface area contributed by atoms with Crippen LogP contribution in [0.5, 0.6) is 17.2 Å². The van der Waals surface area contributed by atoms with Gasteiger partial charge in [0.2, 0.25) is 0 Å². The zero-order valence-corrected chi connectivity index (χ0v) is 12.1. The lowest BCUT2D eigenvalue weighted by atomic mass is 9.88. The Hall–Kier alpha value is -2.73. The third-order valence-electron chi connectivity index (χ3n) is 3.96. The highest BCUT2D eigenvalue weighted by molar-refractivity contribution is 5.91. The fraction of sp³-hybridized carbons (Fsp3) is 0.235. The summed E-state index contributed by atoms with van der Waals surface area (Å²) in [6, 6.07) is 9.61. The molecule has 0 aromatic heterocycles. The molecule has 0 spiro atoms. The Morgan fingerprint density at radius 2 is 1.57 bits per heavy atom. The number of hydrogen-bond acceptors (Lipinski definition) is 6. The Balaban J connectivity index is 1.78. The summed E-state index contributed by atoms with van der Waals surface area (Å²) in [5, 5.41) is 38.3. The van der Waals surface area contributed by atoms with Crippen molar-refractivity contribution in [3.05, 3.63) is 53.1 Å². The Kier molecular flexibility index (Phi) is 3.83. The van der Waals surface area contributed by atoms with E-state index in [2.05, 4.69) is 0 Å². The van der Waals surface area contributed by atoms with E-state index in [0.717, 1.165) is 23.3 Å². The van der Waals surface area contributed by atoms with Gasteiger partial charge in [0.05, 0.1) is 11.7 Å². The van der Waals surface area contributed by atoms with Gasteiger partial charge in [0.25, 0.3) is 0 Å². The smallest absolute Gasteiger partial charge is 0.338 e. The Bertz CT molecular complexity index is 731. The van der Waals surface area contributed by atoms with Gasteiger partial charge in [-0.1, -0.05) is 24.3 Å². The molecule has 0 bridgehead atoms. The van der Waals surface area contributed by atoms with E-state index >= 15 is 0 Å². The molecule has 2 atom stereocenters. The third kappa shape index (κ3) is 2.93. The number of aromatic hydroxyl groups is 3. The lowest BCUT2D eigenvalue weighted by Crippen LogP contribution is -2.38. The highest BCUT2D eigenvalue weighted by Crippen LogP contribution is 2.35. The van der Waals surface area contributed by atoms with Crippen LogP contribution in [0.2, 0.25) is 0 Å². The van der Waals surface area contributed by atoms with Gasteiger partial charge in [-0.3, -0.25) is 0 Å². The predicted molar refractivity (Wildman–Crippen MR) is 80.5 cm³/mol. The number of phenols is 3. The van der Waals surface area contributed by atoms with Gasteiger partial charge in [-0.25, -0.2) is 4.79 Å². The van der Waals surface area contributed by atoms with Crippen molar-refractivity contribution in [3.63, 3.8) is 0 Å². The van der Waals surface area contributed by atoms with Gasteiger partial charge in [0.15, 0.2) is 17.2 Å². The molecule has 0 saturated carbocycles. The van der Waals surface area contributed by atoms with Crippen LogP contribution in [0.1, 0.15) is 21.5 Å². The molecule has 23 heavy (non-hydrogen) atoms. The quantitative estimate of drug-likeness (QED) is 0.494. The van der Waals surface area contributed by atoms with E-state index < -0.39 is 35.4 Å².